The summed E-state index contributed by atoms with van der Waals surface area (Å²) in [7, 11) is -2.12. The first-order valence-electron chi connectivity index (χ1n) is 8.28. The molecule has 1 amide bonds. The maximum Gasteiger partial charge on any atom is 0.241 e. The molecule has 1 N–H and O–H groups in total. The second-order valence-electron chi connectivity index (χ2n) is 6.79. The summed E-state index contributed by atoms with van der Waals surface area (Å²) < 4.78 is 30.7. The molecule has 6 nitrogen and oxygen atoms in total. The molecule has 1 aromatic rings. The molecule has 0 heterocycles. The summed E-state index contributed by atoms with van der Waals surface area (Å²) in [6, 6.07) is 7.00. The Morgan fingerprint density at radius 2 is 2.04 bits per heavy atom. The number of nitrogens with one attached hydrogen (secondary N) is 1. The van der Waals surface area contributed by atoms with Crippen LogP contribution in [0.3, 0.4) is 0 Å². The second kappa shape index (κ2) is 6.63. The number of hydrogen-bond donors (Lipinski definition) is 1. The lowest BCUT2D eigenvalue weighted by Crippen LogP contribution is -2.45. The van der Waals surface area contributed by atoms with Crippen molar-refractivity contribution < 1.29 is 17.9 Å². The van der Waals surface area contributed by atoms with E-state index in [0.29, 0.717) is 17.4 Å². The molecule has 3 rings (SSSR count). The number of methoxy groups -OCH3 is 1. The number of rotatable bonds is 6. The Hall–Kier alpha value is -1.76. The lowest BCUT2D eigenvalue weighted by Gasteiger charge is -2.27. The van der Waals surface area contributed by atoms with Gasteiger partial charge in [0.1, 0.15) is 12.3 Å². The molecule has 2 bridgehead atoms. The molecule has 2 aliphatic rings. The van der Waals surface area contributed by atoms with Gasteiger partial charge < -0.3 is 10.1 Å². The molecule has 0 radical (unpaired) electrons. The minimum Gasteiger partial charge on any atom is -0.495 e. The maximum atomic E-state index is 12.4. The number of benzene rings is 1. The first-order valence-corrected chi connectivity index (χ1v) is 10.1. The molecule has 2 saturated carbocycles. The van der Waals surface area contributed by atoms with E-state index >= 15 is 0 Å². The lowest BCUT2D eigenvalue weighted by atomic mass is 9.95. The van der Waals surface area contributed by atoms with Gasteiger partial charge in [-0.25, -0.2) is 8.42 Å². The number of para-hydroxylation sites is 2. The number of nitrogens with zero attached hydrogens (tertiary/aromatic N) is 1. The maximum absolute atomic E-state index is 12.4. The van der Waals surface area contributed by atoms with E-state index in [9.17, 15) is 13.2 Å². The Kier molecular flexibility index (Phi) is 4.71. The van der Waals surface area contributed by atoms with Crippen LogP contribution in [0.2, 0.25) is 0 Å². The van der Waals surface area contributed by atoms with Crippen LogP contribution in [-0.4, -0.2) is 40.3 Å². The number of hydrogen-bond acceptors (Lipinski definition) is 4. The van der Waals surface area contributed by atoms with Crippen LogP contribution in [0.25, 0.3) is 0 Å². The molecule has 0 aromatic heterocycles. The molecule has 2 fully saturated rings. The zero-order valence-corrected chi connectivity index (χ0v) is 14.9. The van der Waals surface area contributed by atoms with E-state index in [2.05, 4.69) is 5.32 Å². The van der Waals surface area contributed by atoms with Gasteiger partial charge in [0.2, 0.25) is 15.9 Å². The zero-order valence-electron chi connectivity index (χ0n) is 14.1. The van der Waals surface area contributed by atoms with Gasteiger partial charge in [-0.15, -0.1) is 0 Å². The van der Waals surface area contributed by atoms with Gasteiger partial charge in [0.15, 0.2) is 0 Å². The topological polar surface area (TPSA) is 75.7 Å². The Morgan fingerprint density at radius 3 is 2.62 bits per heavy atom. The van der Waals surface area contributed by atoms with E-state index in [1.165, 1.54) is 20.0 Å². The van der Waals surface area contributed by atoms with Gasteiger partial charge >= 0.3 is 0 Å². The van der Waals surface area contributed by atoms with Gasteiger partial charge in [-0.1, -0.05) is 18.6 Å². The van der Waals surface area contributed by atoms with Crippen LogP contribution in [0.1, 0.15) is 25.7 Å². The van der Waals surface area contributed by atoms with Crippen molar-refractivity contribution in [3.63, 3.8) is 0 Å². The fourth-order valence-corrected chi connectivity index (χ4v) is 4.88. The Balaban J connectivity index is 1.74. The quantitative estimate of drug-likeness (QED) is 0.846. The first-order chi connectivity index (χ1) is 11.4. The average molecular weight is 352 g/mol. The Morgan fingerprint density at radius 1 is 1.29 bits per heavy atom. The lowest BCUT2D eigenvalue weighted by molar-refractivity contribution is -0.120. The van der Waals surface area contributed by atoms with Crippen LogP contribution in [0.5, 0.6) is 5.75 Å². The molecule has 0 saturated heterocycles. The predicted octanol–water partition coefficient (Wildman–Crippen LogP) is 1.77. The average Bonchev–Trinajstić information content (AvgIpc) is 3.14. The van der Waals surface area contributed by atoms with E-state index in [1.807, 2.05) is 0 Å². The first kappa shape index (κ1) is 17.1. The number of ether oxygens (including phenoxy) is 1. The highest BCUT2D eigenvalue weighted by atomic mass is 32.2. The summed E-state index contributed by atoms with van der Waals surface area (Å²) in [6.07, 6.45) is 5.73. The molecule has 7 heteroatoms. The number of fused-ring (bicyclic) bond motifs is 2. The molecule has 24 heavy (non-hydrogen) atoms. The van der Waals surface area contributed by atoms with Crippen molar-refractivity contribution in [3.8, 4) is 5.75 Å². The van der Waals surface area contributed by atoms with E-state index in [0.717, 1.165) is 29.3 Å². The van der Waals surface area contributed by atoms with Crippen molar-refractivity contribution in [3.05, 3.63) is 24.3 Å². The minimum absolute atomic E-state index is 0.190. The molecule has 0 spiro atoms. The van der Waals surface area contributed by atoms with Crippen LogP contribution in [0.15, 0.2) is 24.3 Å². The van der Waals surface area contributed by atoms with Crippen LogP contribution >= 0.6 is 0 Å². The summed E-state index contributed by atoms with van der Waals surface area (Å²) in [4.78, 5) is 12.4. The third kappa shape index (κ3) is 3.50. The van der Waals surface area contributed by atoms with E-state index in [4.69, 9.17) is 4.74 Å². The normalized spacial score (nSPS) is 25.5. The molecule has 0 aliphatic heterocycles. The number of sulfonamides is 1. The number of carbonyl (C=O) groups excluding carboxylic acids is 1. The molecular formula is C17H24N2O4S. The predicted molar refractivity (Wildman–Crippen MR) is 92.6 cm³/mol. The van der Waals surface area contributed by atoms with Crippen LogP contribution < -0.4 is 14.4 Å². The minimum atomic E-state index is -3.60. The molecule has 132 valence electrons. The van der Waals surface area contributed by atoms with Crippen LogP contribution in [0, 0.1) is 11.8 Å². The van der Waals surface area contributed by atoms with Crippen molar-refractivity contribution in [1.29, 1.82) is 0 Å². The van der Waals surface area contributed by atoms with Crippen LogP contribution in [-0.2, 0) is 14.8 Å². The Labute approximate surface area is 143 Å². The van der Waals surface area contributed by atoms with Crippen LogP contribution in [0.4, 0.5) is 5.69 Å². The van der Waals surface area contributed by atoms with Crippen molar-refractivity contribution in [2.24, 2.45) is 11.8 Å². The van der Waals surface area contributed by atoms with Crippen molar-refractivity contribution in [1.82, 2.24) is 5.32 Å². The standard InChI is InChI=1S/C17H24N2O4S/c1-23-16-6-4-3-5-15(16)19(24(2,21)22)11-17(20)18-14-10-12-7-8-13(14)9-12/h3-6,12-14H,7-11H2,1-2H3,(H,18,20)/t12-,13-,14-/m1/s1. The fourth-order valence-electron chi connectivity index (χ4n) is 4.02. The molecule has 0 unspecified atom stereocenters. The Bertz CT molecular complexity index is 719. The number of anilines is 1. The highest BCUT2D eigenvalue weighted by Gasteiger charge is 2.40. The molecule has 2 aliphatic carbocycles. The second-order valence-corrected chi connectivity index (χ2v) is 8.70. The summed E-state index contributed by atoms with van der Waals surface area (Å²) in [5.74, 6) is 1.44. The van der Waals surface area contributed by atoms with Gasteiger partial charge in [-0.3, -0.25) is 9.10 Å². The monoisotopic (exact) mass is 352 g/mol. The largest absolute Gasteiger partial charge is 0.495 e. The SMILES string of the molecule is COc1ccccc1N(CC(=O)N[C@@H]1C[C@@H]2CC[C@@H]1C2)S(C)(=O)=O. The highest BCUT2D eigenvalue weighted by Crippen LogP contribution is 2.44. The van der Waals surface area contributed by atoms with Gasteiger partial charge in [0.05, 0.1) is 19.1 Å². The van der Waals surface area contributed by atoms with Gasteiger partial charge in [0.25, 0.3) is 0 Å². The van der Waals surface area contributed by atoms with Gasteiger partial charge in [-0.05, 0) is 43.2 Å². The van der Waals surface area contributed by atoms with Gasteiger partial charge in [-0.2, -0.15) is 0 Å². The van der Waals surface area contributed by atoms with E-state index < -0.39 is 10.0 Å². The third-order valence-electron chi connectivity index (χ3n) is 5.13. The van der Waals surface area contributed by atoms with E-state index in [1.54, 1.807) is 24.3 Å². The molecule has 3 atom stereocenters. The highest BCUT2D eigenvalue weighted by molar-refractivity contribution is 7.92. The van der Waals surface area contributed by atoms with Gasteiger partial charge in [0, 0.05) is 6.04 Å². The van der Waals surface area contributed by atoms with Crippen molar-refractivity contribution >= 4 is 21.6 Å². The summed E-state index contributed by atoms with van der Waals surface area (Å²) in [5.41, 5.74) is 0.380. The van der Waals surface area contributed by atoms with Crippen molar-refractivity contribution in [2.45, 2.75) is 31.7 Å². The van der Waals surface area contributed by atoms with Crippen molar-refractivity contribution in [2.75, 3.05) is 24.2 Å². The summed E-state index contributed by atoms with van der Waals surface area (Å²) >= 11 is 0. The molecule has 1 aromatic carbocycles. The number of amides is 1. The summed E-state index contributed by atoms with van der Waals surface area (Å²) in [5, 5.41) is 3.03. The fraction of sp³-hybridized carbons (Fsp3) is 0.588. The zero-order chi connectivity index (χ0) is 17.3. The summed E-state index contributed by atoms with van der Waals surface area (Å²) in [6.45, 7) is -0.229. The molecular weight excluding hydrogens is 328 g/mol. The van der Waals surface area contributed by atoms with E-state index in [-0.39, 0.29) is 18.5 Å². The smallest absolute Gasteiger partial charge is 0.241 e. The third-order valence-corrected chi connectivity index (χ3v) is 6.25. The number of carbonyl (C=O) groups is 1.